The van der Waals surface area contributed by atoms with Crippen LogP contribution >= 0.6 is 0 Å². The number of rotatable bonds is 7. The molecule has 0 unspecified atom stereocenters. The van der Waals surface area contributed by atoms with Gasteiger partial charge in [0.15, 0.2) is 11.4 Å². The number of allylic oxidation sites excluding steroid dienone is 1. The molecule has 5 N–H and O–H groups in total. The molecule has 9 heteroatoms. The van der Waals surface area contributed by atoms with Crippen LogP contribution in [0.4, 0.5) is 0 Å². The van der Waals surface area contributed by atoms with E-state index in [-0.39, 0.29) is 47.4 Å². The maximum atomic E-state index is 13.8. The molecule has 0 amide bonds. The lowest BCUT2D eigenvalue weighted by molar-refractivity contribution is -0.157. The largest absolute Gasteiger partial charge is 0.507 e. The van der Waals surface area contributed by atoms with Gasteiger partial charge in [0.25, 0.3) is 0 Å². The summed E-state index contributed by atoms with van der Waals surface area (Å²) in [5.41, 5.74) is 1.20. The molecule has 3 aliphatic carbocycles. The predicted octanol–water partition coefficient (Wildman–Crippen LogP) is 3.58. The Balaban J connectivity index is 1.49. The number of nitrogens with one attached hydrogen (secondary N) is 1. The van der Waals surface area contributed by atoms with E-state index < -0.39 is 46.5 Å². The number of aliphatic hydroxyl groups excluding tert-OH is 1. The van der Waals surface area contributed by atoms with Crippen molar-refractivity contribution in [1.29, 1.82) is 0 Å². The van der Waals surface area contributed by atoms with Gasteiger partial charge < -0.3 is 25.7 Å². The van der Waals surface area contributed by atoms with E-state index in [0.29, 0.717) is 30.5 Å². The third kappa shape index (κ3) is 4.49. The summed E-state index contributed by atoms with van der Waals surface area (Å²) < 4.78 is 0. The van der Waals surface area contributed by atoms with Crippen LogP contribution in [0.5, 0.6) is 5.75 Å². The molecular formula is C32H33NO8. The molecule has 3 atom stereocenters. The van der Waals surface area contributed by atoms with Crippen molar-refractivity contribution in [2.24, 2.45) is 11.8 Å². The number of benzene rings is 2. The fourth-order valence-electron chi connectivity index (χ4n) is 6.79. The Kier molecular flexibility index (Phi) is 7.21. The van der Waals surface area contributed by atoms with Gasteiger partial charge in [-0.15, -0.1) is 0 Å². The number of carboxylic acid groups (broad SMARTS) is 1. The monoisotopic (exact) mass is 559 g/mol. The molecule has 1 saturated carbocycles. The number of carboxylic acids is 1. The molecule has 214 valence electrons. The number of fused-ring (bicyclic) bond motifs is 3. The summed E-state index contributed by atoms with van der Waals surface area (Å²) in [6.45, 7) is 5.49. The van der Waals surface area contributed by atoms with Crippen molar-refractivity contribution in [3.63, 3.8) is 0 Å². The Morgan fingerprint density at radius 3 is 2.32 bits per heavy atom. The minimum atomic E-state index is -2.43. The second-order valence-electron chi connectivity index (χ2n) is 11.3. The van der Waals surface area contributed by atoms with Gasteiger partial charge in [-0.05, 0) is 74.3 Å². The molecule has 41 heavy (non-hydrogen) atoms. The van der Waals surface area contributed by atoms with Gasteiger partial charge in [-0.25, -0.2) is 4.79 Å². The Morgan fingerprint density at radius 1 is 1.02 bits per heavy atom. The normalized spacial score (nSPS) is 23.7. The number of carbonyl (C=O) groups is 4. The maximum Gasteiger partial charge on any atom is 0.335 e. The number of Topliss-reactive ketones (excluding diaryl/α,β-unsaturated/α-hetero) is 3. The first kappa shape index (κ1) is 28.4. The van der Waals surface area contributed by atoms with Crippen molar-refractivity contribution < 1.29 is 39.6 Å². The number of aromatic carboxylic acids is 1. The van der Waals surface area contributed by atoms with Gasteiger partial charge in [0.05, 0.1) is 16.7 Å². The van der Waals surface area contributed by atoms with Crippen molar-refractivity contribution in [3.8, 4) is 5.75 Å². The van der Waals surface area contributed by atoms with Gasteiger partial charge in [-0.3, -0.25) is 14.4 Å². The number of aryl methyl sites for hydroxylation is 1. The zero-order valence-electron chi connectivity index (χ0n) is 23.2. The quantitative estimate of drug-likeness (QED) is 0.252. The SMILES string of the molecule is CCc1cc(CNCc2ccc(C(=O)O)cc2)c(O)c2c1C[C@H]1C[C@H]3CC(C)=C(C(C)=O)C(=O)[C@@]3(O)C(=O)C1=C2O. The minimum absolute atomic E-state index is 0.0759. The number of phenolic OH excluding ortho intramolecular Hbond substituents is 1. The molecule has 1 fully saturated rings. The van der Waals surface area contributed by atoms with Gasteiger partial charge in [0.1, 0.15) is 11.5 Å². The fraction of sp³-hybridized carbons (Fsp3) is 0.375. The first-order valence-electron chi connectivity index (χ1n) is 13.8. The second kappa shape index (κ2) is 10.4. The minimum Gasteiger partial charge on any atom is -0.507 e. The van der Waals surface area contributed by atoms with Crippen LogP contribution in [-0.4, -0.2) is 49.3 Å². The van der Waals surface area contributed by atoms with E-state index in [4.69, 9.17) is 5.11 Å². The van der Waals surface area contributed by atoms with E-state index in [1.807, 2.05) is 13.0 Å². The predicted molar refractivity (Wildman–Crippen MR) is 149 cm³/mol. The summed E-state index contributed by atoms with van der Waals surface area (Å²) in [5, 5.41) is 46.6. The van der Waals surface area contributed by atoms with Crippen LogP contribution in [-0.2, 0) is 40.3 Å². The van der Waals surface area contributed by atoms with Crippen molar-refractivity contribution in [2.75, 3.05) is 0 Å². The highest BCUT2D eigenvalue weighted by molar-refractivity contribution is 6.33. The second-order valence-corrected chi connectivity index (χ2v) is 11.3. The Labute approximate surface area is 237 Å². The molecule has 0 heterocycles. The van der Waals surface area contributed by atoms with E-state index in [1.54, 1.807) is 19.1 Å². The van der Waals surface area contributed by atoms with Gasteiger partial charge >= 0.3 is 5.97 Å². The Morgan fingerprint density at radius 2 is 1.71 bits per heavy atom. The number of hydrogen-bond donors (Lipinski definition) is 5. The molecule has 0 saturated heterocycles. The third-order valence-electron chi connectivity index (χ3n) is 8.81. The van der Waals surface area contributed by atoms with E-state index in [1.165, 1.54) is 19.1 Å². The standard InChI is InChI=1S/C32H33NO8/c1-4-18-10-21(14-33-13-17-5-7-19(8-6-17)31(39)40)27(35)26-23(18)12-20-11-22-9-15(2)24(16(3)34)29(37)32(22,41)30(38)25(20)28(26)36/h5-8,10,20,22,33,35-36,41H,4,9,11-14H2,1-3H3,(H,39,40)/t20-,22-,32-/m1/s1. The first-order chi connectivity index (χ1) is 19.4. The average Bonchev–Trinajstić information content (AvgIpc) is 2.92. The van der Waals surface area contributed by atoms with Gasteiger partial charge in [-0.1, -0.05) is 30.7 Å². The van der Waals surface area contributed by atoms with Crippen molar-refractivity contribution >= 4 is 29.1 Å². The van der Waals surface area contributed by atoms with Gasteiger partial charge in [-0.2, -0.15) is 0 Å². The summed E-state index contributed by atoms with van der Waals surface area (Å²) >= 11 is 0. The molecular weight excluding hydrogens is 526 g/mol. The number of aromatic hydroxyl groups is 1. The summed E-state index contributed by atoms with van der Waals surface area (Å²) in [5.74, 6) is -5.11. The van der Waals surface area contributed by atoms with Crippen LogP contribution in [0.1, 0.15) is 71.8 Å². The molecule has 0 radical (unpaired) electrons. The molecule has 0 aromatic heterocycles. The van der Waals surface area contributed by atoms with E-state index in [9.17, 15) is 34.5 Å². The van der Waals surface area contributed by atoms with Crippen LogP contribution in [0.3, 0.4) is 0 Å². The van der Waals surface area contributed by atoms with Crippen LogP contribution in [0.25, 0.3) is 5.76 Å². The van der Waals surface area contributed by atoms with E-state index in [2.05, 4.69) is 5.32 Å². The third-order valence-corrected chi connectivity index (χ3v) is 8.81. The average molecular weight is 560 g/mol. The Bertz CT molecular complexity index is 1560. The lowest BCUT2D eigenvalue weighted by Gasteiger charge is -2.46. The highest BCUT2D eigenvalue weighted by atomic mass is 16.4. The van der Waals surface area contributed by atoms with Crippen LogP contribution < -0.4 is 5.32 Å². The number of ketones is 3. The molecule has 0 spiro atoms. The van der Waals surface area contributed by atoms with Gasteiger partial charge in [0.2, 0.25) is 11.6 Å². The van der Waals surface area contributed by atoms with Crippen LogP contribution in [0.15, 0.2) is 47.1 Å². The van der Waals surface area contributed by atoms with E-state index in [0.717, 1.165) is 16.7 Å². The first-order valence-corrected chi connectivity index (χ1v) is 13.8. The molecule has 3 aliphatic rings. The fourth-order valence-corrected chi connectivity index (χ4v) is 6.79. The topological polar surface area (TPSA) is 161 Å². The van der Waals surface area contributed by atoms with Crippen LogP contribution in [0.2, 0.25) is 0 Å². The molecule has 0 bridgehead atoms. The number of phenols is 1. The zero-order valence-corrected chi connectivity index (χ0v) is 23.2. The van der Waals surface area contributed by atoms with E-state index >= 15 is 0 Å². The van der Waals surface area contributed by atoms with Crippen molar-refractivity contribution in [1.82, 2.24) is 5.32 Å². The maximum absolute atomic E-state index is 13.8. The summed E-state index contributed by atoms with van der Waals surface area (Å²) in [4.78, 5) is 50.4. The van der Waals surface area contributed by atoms with Crippen LogP contribution in [0, 0.1) is 11.8 Å². The molecule has 2 aromatic rings. The number of carbonyl (C=O) groups excluding carboxylic acids is 3. The number of hydrogen-bond acceptors (Lipinski definition) is 8. The highest BCUT2D eigenvalue weighted by Gasteiger charge is 2.60. The molecule has 0 aliphatic heterocycles. The molecule has 2 aromatic carbocycles. The summed E-state index contributed by atoms with van der Waals surface area (Å²) in [6.07, 6.45) is 1.49. The lowest BCUT2D eigenvalue weighted by Crippen LogP contribution is -2.61. The van der Waals surface area contributed by atoms with Crippen molar-refractivity contribution in [2.45, 2.75) is 65.1 Å². The number of aliphatic hydroxyl groups is 2. The smallest absolute Gasteiger partial charge is 0.335 e. The van der Waals surface area contributed by atoms with Gasteiger partial charge in [0, 0.05) is 30.1 Å². The Hall–Kier alpha value is -4.08. The zero-order chi connectivity index (χ0) is 29.8. The lowest BCUT2D eigenvalue weighted by atomic mass is 9.57. The summed E-state index contributed by atoms with van der Waals surface area (Å²) in [7, 11) is 0. The molecule has 9 nitrogen and oxygen atoms in total. The van der Waals surface area contributed by atoms with Crippen molar-refractivity contribution in [3.05, 3.63) is 80.4 Å². The molecule has 5 rings (SSSR count). The summed E-state index contributed by atoms with van der Waals surface area (Å²) in [6, 6.07) is 8.30. The highest BCUT2D eigenvalue weighted by Crippen LogP contribution is 2.52.